The third-order valence-corrected chi connectivity index (χ3v) is 2.78. The lowest BCUT2D eigenvalue weighted by Crippen LogP contribution is -2.03. The minimum atomic E-state index is -0.454. The van der Waals surface area contributed by atoms with Gasteiger partial charge in [0.1, 0.15) is 6.29 Å². The van der Waals surface area contributed by atoms with E-state index < -0.39 is 10.8 Å². The largest absolute Gasteiger partial charge is 0.303 e. The molecule has 0 heterocycles. The second-order valence-corrected chi connectivity index (χ2v) is 3.73. The number of hydrogen-bond acceptors (Lipinski definition) is 3. The maximum atomic E-state index is 10.9. The fourth-order valence-electron chi connectivity index (χ4n) is 1.38. The molecular weight excluding hydrogens is 262 g/mol. The average Bonchev–Trinajstić information content (AvgIpc) is 2.26. The molecule has 0 aliphatic rings. The highest BCUT2D eigenvalue weighted by molar-refractivity contribution is 9.08. The molecule has 0 saturated heterocycles. The van der Waals surface area contributed by atoms with Crippen molar-refractivity contribution in [2.45, 2.75) is 18.2 Å². The molecule has 0 saturated carbocycles. The second-order valence-electron chi connectivity index (χ2n) is 3.17. The van der Waals surface area contributed by atoms with E-state index in [0.29, 0.717) is 22.7 Å². The summed E-state index contributed by atoms with van der Waals surface area (Å²) in [7, 11) is 0. The number of nitrogens with zero attached hydrogens (tertiary/aromatic N) is 1. The quantitative estimate of drug-likeness (QED) is 0.366. The van der Waals surface area contributed by atoms with Crippen LogP contribution in [0.3, 0.4) is 0 Å². The van der Waals surface area contributed by atoms with Crippen molar-refractivity contribution >= 4 is 27.9 Å². The molecule has 1 unspecified atom stereocenters. The van der Waals surface area contributed by atoms with E-state index in [4.69, 9.17) is 0 Å². The molecule has 1 aromatic rings. The van der Waals surface area contributed by atoms with Crippen LogP contribution in [0.25, 0.3) is 0 Å². The first kappa shape index (κ1) is 11.8. The molecule has 1 rings (SSSR count). The van der Waals surface area contributed by atoms with Crippen LogP contribution >= 0.6 is 15.9 Å². The Labute approximate surface area is 95.6 Å². The molecule has 5 heteroatoms. The summed E-state index contributed by atoms with van der Waals surface area (Å²) in [4.78, 5) is 21.1. The van der Waals surface area contributed by atoms with Gasteiger partial charge in [0.05, 0.1) is 4.92 Å². The van der Waals surface area contributed by atoms with Gasteiger partial charge in [0.2, 0.25) is 0 Å². The van der Waals surface area contributed by atoms with Crippen LogP contribution in [0.1, 0.15) is 24.0 Å². The summed E-state index contributed by atoms with van der Waals surface area (Å²) in [6.07, 6.45) is 0.709. The van der Waals surface area contributed by atoms with Gasteiger partial charge in [0.25, 0.3) is 5.69 Å². The predicted octanol–water partition coefficient (Wildman–Crippen LogP) is 2.79. The highest BCUT2D eigenvalue weighted by Gasteiger charge is 2.21. The highest BCUT2D eigenvalue weighted by Crippen LogP contribution is 2.30. The first-order valence-corrected chi connectivity index (χ1v) is 5.51. The van der Waals surface area contributed by atoms with Crippen molar-refractivity contribution < 1.29 is 9.72 Å². The molecule has 0 fully saturated rings. The Balaban J connectivity index is 3.37. The molecule has 4 nitrogen and oxygen atoms in total. The fourth-order valence-corrected chi connectivity index (χ4v) is 1.83. The van der Waals surface area contributed by atoms with E-state index in [-0.39, 0.29) is 5.69 Å². The molecule has 1 aromatic carbocycles. The molecule has 0 aliphatic heterocycles. The van der Waals surface area contributed by atoms with E-state index in [1.165, 1.54) is 0 Å². The number of nitro benzene ring substituents is 1. The van der Waals surface area contributed by atoms with Crippen molar-refractivity contribution in [1.82, 2.24) is 0 Å². The molecule has 0 aromatic heterocycles. The lowest BCUT2D eigenvalue weighted by molar-refractivity contribution is -0.386. The van der Waals surface area contributed by atoms with Crippen LogP contribution in [0.2, 0.25) is 0 Å². The molecule has 0 N–H and O–H groups in total. The number of rotatable bonds is 4. The Morgan fingerprint density at radius 3 is 2.73 bits per heavy atom. The summed E-state index contributed by atoms with van der Waals surface area (Å²) >= 11 is 3.19. The van der Waals surface area contributed by atoms with E-state index in [1.807, 2.05) is 0 Å². The van der Waals surface area contributed by atoms with Crippen molar-refractivity contribution in [1.29, 1.82) is 0 Å². The van der Waals surface area contributed by atoms with Gasteiger partial charge < -0.3 is 4.79 Å². The van der Waals surface area contributed by atoms with Crippen molar-refractivity contribution in [2.75, 3.05) is 0 Å². The highest BCUT2D eigenvalue weighted by atomic mass is 79.9. The van der Waals surface area contributed by atoms with Gasteiger partial charge in [-0.1, -0.05) is 41.1 Å². The van der Waals surface area contributed by atoms with E-state index >= 15 is 0 Å². The zero-order valence-corrected chi connectivity index (χ0v) is 9.73. The monoisotopic (exact) mass is 271 g/mol. The Morgan fingerprint density at radius 2 is 2.27 bits per heavy atom. The summed E-state index contributed by atoms with van der Waals surface area (Å²) in [5.41, 5.74) is 1.09. The van der Waals surface area contributed by atoms with Crippen LogP contribution in [-0.2, 0) is 10.1 Å². The number of halogens is 1. The summed E-state index contributed by atoms with van der Waals surface area (Å²) < 4.78 is 0. The van der Waals surface area contributed by atoms with Crippen LogP contribution in [0.4, 0.5) is 5.69 Å². The number of alkyl halides is 1. The normalized spacial score (nSPS) is 12.1. The lowest BCUT2D eigenvalue weighted by atomic mass is 9.98. The Hall–Kier alpha value is -1.23. The molecule has 0 spiro atoms. The smallest absolute Gasteiger partial charge is 0.277 e. The topological polar surface area (TPSA) is 60.2 Å². The van der Waals surface area contributed by atoms with E-state index in [1.54, 1.807) is 25.1 Å². The summed E-state index contributed by atoms with van der Waals surface area (Å²) in [5, 5.41) is 11.3. The SMILES string of the molecule is CC(C=O)c1cccc(CBr)c1[N+](=O)[O-]. The number of aldehydes is 1. The molecule has 0 aliphatic carbocycles. The summed E-state index contributed by atoms with van der Waals surface area (Å²) in [5.74, 6) is -0.454. The van der Waals surface area contributed by atoms with Gasteiger partial charge in [-0.05, 0) is 0 Å². The van der Waals surface area contributed by atoms with Crippen molar-refractivity contribution in [3.05, 3.63) is 39.4 Å². The third-order valence-electron chi connectivity index (χ3n) is 2.17. The van der Waals surface area contributed by atoms with Crippen molar-refractivity contribution in [3.63, 3.8) is 0 Å². The van der Waals surface area contributed by atoms with E-state index in [9.17, 15) is 14.9 Å². The van der Waals surface area contributed by atoms with Gasteiger partial charge >= 0.3 is 0 Å². The van der Waals surface area contributed by atoms with Gasteiger partial charge in [-0.2, -0.15) is 0 Å². The molecule has 0 radical (unpaired) electrons. The Kier molecular flexibility index (Phi) is 3.96. The number of para-hydroxylation sites is 1. The van der Waals surface area contributed by atoms with Gasteiger partial charge in [-0.3, -0.25) is 10.1 Å². The fraction of sp³-hybridized carbons (Fsp3) is 0.300. The molecule has 0 amide bonds. The molecule has 15 heavy (non-hydrogen) atoms. The van der Waals surface area contributed by atoms with Gasteiger partial charge in [0.15, 0.2) is 0 Å². The van der Waals surface area contributed by atoms with Crippen LogP contribution in [0.5, 0.6) is 0 Å². The zero-order valence-electron chi connectivity index (χ0n) is 8.14. The number of carbonyl (C=O) groups is 1. The second kappa shape index (κ2) is 5.02. The molecule has 0 bridgehead atoms. The van der Waals surface area contributed by atoms with Gasteiger partial charge in [0, 0.05) is 22.4 Å². The standard InChI is InChI=1S/C10H10BrNO3/c1-7(6-13)9-4-2-3-8(5-11)10(9)12(14)15/h2-4,6-7H,5H2,1H3. The van der Waals surface area contributed by atoms with Gasteiger partial charge in [-0.25, -0.2) is 0 Å². The molecule has 1 atom stereocenters. The van der Waals surface area contributed by atoms with Crippen LogP contribution in [0.15, 0.2) is 18.2 Å². The minimum Gasteiger partial charge on any atom is -0.303 e. The summed E-state index contributed by atoms with van der Waals surface area (Å²) in [6, 6.07) is 5.01. The first-order valence-electron chi connectivity index (χ1n) is 4.39. The Bertz CT molecular complexity index is 392. The Morgan fingerprint density at radius 1 is 1.60 bits per heavy atom. The number of nitro groups is 1. The van der Waals surface area contributed by atoms with Crippen molar-refractivity contribution in [2.24, 2.45) is 0 Å². The zero-order chi connectivity index (χ0) is 11.4. The minimum absolute atomic E-state index is 0.0361. The van der Waals surface area contributed by atoms with Crippen LogP contribution in [0, 0.1) is 10.1 Å². The lowest BCUT2D eigenvalue weighted by Gasteiger charge is -2.07. The van der Waals surface area contributed by atoms with Crippen LogP contribution in [-0.4, -0.2) is 11.2 Å². The molecule has 80 valence electrons. The molecular formula is C10H10BrNO3. The number of hydrogen-bond donors (Lipinski definition) is 0. The third kappa shape index (κ3) is 2.41. The van der Waals surface area contributed by atoms with E-state index in [0.717, 1.165) is 0 Å². The maximum Gasteiger partial charge on any atom is 0.277 e. The van der Waals surface area contributed by atoms with Crippen molar-refractivity contribution in [3.8, 4) is 0 Å². The van der Waals surface area contributed by atoms with Gasteiger partial charge in [-0.15, -0.1) is 0 Å². The predicted molar refractivity (Wildman–Crippen MR) is 60.2 cm³/mol. The average molecular weight is 272 g/mol. The van der Waals surface area contributed by atoms with Crippen LogP contribution < -0.4 is 0 Å². The van der Waals surface area contributed by atoms with E-state index in [2.05, 4.69) is 15.9 Å². The maximum absolute atomic E-state index is 10.9. The number of carbonyl (C=O) groups excluding carboxylic acids is 1. The first-order chi connectivity index (χ1) is 7.11. The summed E-state index contributed by atoms with van der Waals surface area (Å²) in [6.45, 7) is 1.65. The number of benzene rings is 1.